The summed E-state index contributed by atoms with van der Waals surface area (Å²) in [6.45, 7) is 3.47. The Balaban J connectivity index is 2.76. The highest BCUT2D eigenvalue weighted by Gasteiger charge is 2.13. The van der Waals surface area contributed by atoms with Gasteiger partial charge in [0.1, 0.15) is 5.82 Å². The lowest BCUT2D eigenvalue weighted by Gasteiger charge is -2.09. The van der Waals surface area contributed by atoms with Gasteiger partial charge in [0.15, 0.2) is 0 Å². The van der Waals surface area contributed by atoms with Crippen LogP contribution in [-0.2, 0) is 16.0 Å². The van der Waals surface area contributed by atoms with Gasteiger partial charge in [0.2, 0.25) is 0 Å². The summed E-state index contributed by atoms with van der Waals surface area (Å²) in [5.74, 6) is -0.958. The molecule has 0 heterocycles. The molecule has 0 amide bonds. The van der Waals surface area contributed by atoms with Gasteiger partial charge in [0.25, 0.3) is 0 Å². The topological polar surface area (TPSA) is 26.3 Å². The first-order valence-corrected chi connectivity index (χ1v) is 5.01. The van der Waals surface area contributed by atoms with E-state index in [0.29, 0.717) is 0 Å². The van der Waals surface area contributed by atoms with E-state index in [1.54, 1.807) is 19.9 Å². The number of hydrogen-bond donors (Lipinski definition) is 0. The molecule has 0 aliphatic rings. The second-order valence-electron chi connectivity index (χ2n) is 3.42. The Hall–Kier alpha value is -1.09. The highest BCUT2D eigenvalue weighted by molar-refractivity contribution is 6.31. The van der Waals surface area contributed by atoms with Crippen molar-refractivity contribution in [2.24, 2.45) is 0 Å². The van der Waals surface area contributed by atoms with E-state index in [9.17, 15) is 9.18 Å². The van der Waals surface area contributed by atoms with E-state index in [0.717, 1.165) is 0 Å². The van der Waals surface area contributed by atoms with Crippen molar-refractivity contribution in [2.75, 3.05) is 0 Å². The minimum Gasteiger partial charge on any atom is -0.463 e. The molecule has 0 atom stereocenters. The van der Waals surface area contributed by atoms with E-state index >= 15 is 0 Å². The smallest absolute Gasteiger partial charge is 0.310 e. The molecule has 1 aromatic carbocycles. The zero-order chi connectivity index (χ0) is 11.4. The molecule has 1 rings (SSSR count). The van der Waals surface area contributed by atoms with Crippen LogP contribution < -0.4 is 0 Å². The lowest BCUT2D eigenvalue weighted by atomic mass is 10.1. The van der Waals surface area contributed by atoms with Gasteiger partial charge in [0.05, 0.1) is 12.5 Å². The SMILES string of the molecule is CC(C)OC(=O)Cc1c(F)cccc1Cl. The van der Waals surface area contributed by atoms with Crippen LogP contribution in [0, 0.1) is 5.82 Å². The molecule has 0 radical (unpaired) electrons. The zero-order valence-electron chi connectivity index (χ0n) is 8.59. The van der Waals surface area contributed by atoms with Crippen LogP contribution in [0.2, 0.25) is 5.02 Å². The van der Waals surface area contributed by atoms with E-state index in [1.165, 1.54) is 12.1 Å². The second-order valence-corrected chi connectivity index (χ2v) is 3.82. The van der Waals surface area contributed by atoms with Gasteiger partial charge in [-0.3, -0.25) is 4.79 Å². The van der Waals surface area contributed by atoms with Crippen molar-refractivity contribution in [2.45, 2.75) is 26.4 Å². The van der Waals surface area contributed by atoms with Crippen LogP contribution >= 0.6 is 11.6 Å². The van der Waals surface area contributed by atoms with Gasteiger partial charge in [-0.15, -0.1) is 0 Å². The number of benzene rings is 1. The summed E-state index contributed by atoms with van der Waals surface area (Å²) >= 11 is 5.76. The van der Waals surface area contributed by atoms with Crippen molar-refractivity contribution < 1.29 is 13.9 Å². The fourth-order valence-corrected chi connectivity index (χ4v) is 1.38. The molecular formula is C11H12ClFO2. The molecule has 0 aliphatic carbocycles. The molecule has 15 heavy (non-hydrogen) atoms. The van der Waals surface area contributed by atoms with E-state index in [2.05, 4.69) is 0 Å². The Kier molecular flexibility index (Phi) is 4.09. The molecule has 4 heteroatoms. The van der Waals surface area contributed by atoms with Crippen molar-refractivity contribution in [3.63, 3.8) is 0 Å². The maximum atomic E-state index is 13.3. The van der Waals surface area contributed by atoms with Gasteiger partial charge in [-0.25, -0.2) is 4.39 Å². The zero-order valence-corrected chi connectivity index (χ0v) is 9.34. The third-order valence-electron chi connectivity index (χ3n) is 1.75. The molecular weight excluding hydrogens is 219 g/mol. The molecule has 0 bridgehead atoms. The summed E-state index contributed by atoms with van der Waals surface area (Å²) in [4.78, 5) is 11.3. The number of halogens is 2. The summed E-state index contributed by atoms with van der Waals surface area (Å²) < 4.78 is 18.2. The van der Waals surface area contributed by atoms with Crippen molar-refractivity contribution in [1.82, 2.24) is 0 Å². The summed E-state index contributed by atoms with van der Waals surface area (Å²) in [7, 11) is 0. The molecule has 0 unspecified atom stereocenters. The highest BCUT2D eigenvalue weighted by atomic mass is 35.5. The largest absolute Gasteiger partial charge is 0.463 e. The summed E-state index contributed by atoms with van der Waals surface area (Å²) in [6.07, 6.45) is -0.341. The number of carbonyl (C=O) groups is 1. The monoisotopic (exact) mass is 230 g/mol. The first-order valence-electron chi connectivity index (χ1n) is 4.63. The quantitative estimate of drug-likeness (QED) is 0.747. The van der Waals surface area contributed by atoms with E-state index in [1.807, 2.05) is 0 Å². The first-order chi connectivity index (χ1) is 7.00. The predicted octanol–water partition coefficient (Wildman–Crippen LogP) is 2.97. The average Bonchev–Trinajstić information content (AvgIpc) is 2.10. The van der Waals surface area contributed by atoms with Gasteiger partial charge < -0.3 is 4.74 Å². The predicted molar refractivity (Wildman–Crippen MR) is 56.3 cm³/mol. The second kappa shape index (κ2) is 5.12. The van der Waals surface area contributed by atoms with Crippen LogP contribution in [0.5, 0.6) is 0 Å². The molecule has 0 aromatic heterocycles. The van der Waals surface area contributed by atoms with Crippen LogP contribution in [-0.4, -0.2) is 12.1 Å². The van der Waals surface area contributed by atoms with E-state index in [-0.39, 0.29) is 23.1 Å². The number of esters is 1. The molecule has 0 aliphatic heterocycles. The lowest BCUT2D eigenvalue weighted by molar-refractivity contribution is -0.146. The van der Waals surface area contributed by atoms with Crippen molar-refractivity contribution >= 4 is 17.6 Å². The Morgan fingerprint density at radius 2 is 2.20 bits per heavy atom. The Bertz CT molecular complexity index is 343. The Morgan fingerprint density at radius 3 is 2.73 bits per heavy atom. The fraction of sp³-hybridized carbons (Fsp3) is 0.364. The summed E-state index contributed by atoms with van der Waals surface area (Å²) in [6, 6.07) is 4.31. The standard InChI is InChI=1S/C11H12ClFO2/c1-7(2)15-11(14)6-8-9(12)4-3-5-10(8)13/h3-5,7H,6H2,1-2H3. The maximum Gasteiger partial charge on any atom is 0.310 e. The third-order valence-corrected chi connectivity index (χ3v) is 2.10. The average molecular weight is 231 g/mol. The van der Waals surface area contributed by atoms with Gasteiger partial charge in [-0.1, -0.05) is 17.7 Å². The minimum absolute atomic E-state index is 0.135. The van der Waals surface area contributed by atoms with Crippen LogP contribution in [0.1, 0.15) is 19.4 Å². The molecule has 0 saturated heterocycles. The van der Waals surface area contributed by atoms with Gasteiger partial charge >= 0.3 is 5.97 Å². The molecule has 0 N–H and O–H groups in total. The molecule has 1 aromatic rings. The molecule has 0 spiro atoms. The molecule has 0 saturated carbocycles. The Labute approximate surface area is 93.0 Å². The normalized spacial score (nSPS) is 10.5. The van der Waals surface area contributed by atoms with Crippen molar-refractivity contribution in [3.8, 4) is 0 Å². The van der Waals surface area contributed by atoms with E-state index in [4.69, 9.17) is 16.3 Å². The van der Waals surface area contributed by atoms with Crippen LogP contribution in [0.4, 0.5) is 4.39 Å². The maximum absolute atomic E-state index is 13.3. The Morgan fingerprint density at radius 1 is 1.53 bits per heavy atom. The number of rotatable bonds is 3. The van der Waals surface area contributed by atoms with Crippen LogP contribution in [0.3, 0.4) is 0 Å². The number of ether oxygens (including phenoxy) is 1. The minimum atomic E-state index is -0.483. The number of hydrogen-bond acceptors (Lipinski definition) is 2. The van der Waals surface area contributed by atoms with E-state index < -0.39 is 11.8 Å². The fourth-order valence-electron chi connectivity index (χ4n) is 1.15. The number of carbonyl (C=O) groups excluding carboxylic acids is 1. The van der Waals surface area contributed by atoms with Crippen molar-refractivity contribution in [3.05, 3.63) is 34.6 Å². The lowest BCUT2D eigenvalue weighted by Crippen LogP contribution is -2.14. The molecule has 2 nitrogen and oxygen atoms in total. The molecule has 0 fully saturated rings. The van der Waals surface area contributed by atoms with Gasteiger partial charge in [-0.2, -0.15) is 0 Å². The first kappa shape index (κ1) is 12.0. The van der Waals surface area contributed by atoms with Gasteiger partial charge in [0, 0.05) is 10.6 Å². The van der Waals surface area contributed by atoms with Gasteiger partial charge in [-0.05, 0) is 26.0 Å². The molecule has 82 valence electrons. The summed E-state index contributed by atoms with van der Waals surface area (Å²) in [5.41, 5.74) is 0.185. The van der Waals surface area contributed by atoms with Crippen LogP contribution in [0.15, 0.2) is 18.2 Å². The van der Waals surface area contributed by atoms with Crippen LogP contribution in [0.25, 0.3) is 0 Å². The summed E-state index contributed by atoms with van der Waals surface area (Å²) in [5, 5.41) is 0.246. The third kappa shape index (κ3) is 3.51. The highest BCUT2D eigenvalue weighted by Crippen LogP contribution is 2.19. The van der Waals surface area contributed by atoms with Crippen molar-refractivity contribution in [1.29, 1.82) is 0 Å².